The van der Waals surface area contributed by atoms with Gasteiger partial charge in [0.25, 0.3) is 5.91 Å². The van der Waals surface area contributed by atoms with Crippen molar-refractivity contribution in [1.82, 2.24) is 5.32 Å². The van der Waals surface area contributed by atoms with Gasteiger partial charge in [-0.1, -0.05) is 38.0 Å². The highest BCUT2D eigenvalue weighted by molar-refractivity contribution is 5.95. The Balaban J connectivity index is 2.52. The molecule has 0 aliphatic heterocycles. The number of rotatable bonds is 6. The minimum atomic E-state index is -0.368. The van der Waals surface area contributed by atoms with Gasteiger partial charge in [-0.2, -0.15) is 0 Å². The second-order valence-corrected chi connectivity index (χ2v) is 3.72. The summed E-state index contributed by atoms with van der Waals surface area (Å²) in [5.74, 6) is -0.186. The molecule has 0 aliphatic carbocycles. The maximum Gasteiger partial charge on any atom is 0.251 e. The normalized spacial score (nSPS) is 11.8. The van der Waals surface area contributed by atoms with Crippen molar-refractivity contribution in [3.63, 3.8) is 0 Å². The zero-order valence-electron chi connectivity index (χ0n) is 9.48. The fourth-order valence-electron chi connectivity index (χ4n) is 1.44. The van der Waals surface area contributed by atoms with Crippen LogP contribution in [0.3, 0.4) is 0 Å². The van der Waals surface area contributed by atoms with Crippen LogP contribution in [0.15, 0.2) is 30.3 Å². The molecule has 0 unspecified atom stereocenters. The number of hydrogen-bond acceptors (Lipinski definition) is 2. The van der Waals surface area contributed by atoms with Crippen LogP contribution < -0.4 is 5.32 Å². The molecule has 0 aliphatic rings. The van der Waals surface area contributed by atoms with Gasteiger partial charge in [-0.25, -0.2) is 0 Å². The fraction of sp³-hybridized carbons (Fsp3) is 0.385. The van der Waals surface area contributed by atoms with Crippen LogP contribution in [0, 0.1) is 0 Å². The average molecular weight is 219 g/mol. The van der Waals surface area contributed by atoms with Gasteiger partial charge >= 0.3 is 0 Å². The molecule has 1 aromatic carbocycles. The van der Waals surface area contributed by atoms with Crippen LogP contribution in [0.25, 0.3) is 0 Å². The molecule has 3 heteroatoms. The van der Waals surface area contributed by atoms with Crippen LogP contribution in [-0.2, 0) is 4.79 Å². The zero-order chi connectivity index (χ0) is 11.8. The molecule has 0 spiro atoms. The van der Waals surface area contributed by atoms with Crippen molar-refractivity contribution >= 4 is 12.2 Å². The highest BCUT2D eigenvalue weighted by Crippen LogP contribution is 2.02. The number of hydrogen-bond donors (Lipinski definition) is 1. The van der Waals surface area contributed by atoms with Gasteiger partial charge < -0.3 is 10.1 Å². The van der Waals surface area contributed by atoms with Crippen LogP contribution >= 0.6 is 0 Å². The second-order valence-electron chi connectivity index (χ2n) is 3.72. The van der Waals surface area contributed by atoms with Gasteiger partial charge in [0.05, 0.1) is 6.04 Å². The van der Waals surface area contributed by atoms with Gasteiger partial charge in [-0.3, -0.25) is 4.79 Å². The summed E-state index contributed by atoms with van der Waals surface area (Å²) in [5, 5.41) is 2.71. The molecule has 0 heterocycles. The number of nitrogens with one attached hydrogen (secondary N) is 1. The molecule has 0 radical (unpaired) electrons. The Morgan fingerprint density at radius 1 is 1.38 bits per heavy atom. The van der Waals surface area contributed by atoms with Gasteiger partial charge in [0, 0.05) is 5.56 Å². The first kappa shape index (κ1) is 12.4. The molecule has 1 N–H and O–H groups in total. The predicted molar refractivity (Wildman–Crippen MR) is 63.3 cm³/mol. The van der Waals surface area contributed by atoms with E-state index in [1.54, 1.807) is 24.3 Å². The third-order valence-electron chi connectivity index (χ3n) is 2.39. The lowest BCUT2D eigenvalue weighted by atomic mass is 10.1. The highest BCUT2D eigenvalue weighted by Gasteiger charge is 2.11. The molecule has 1 aromatic rings. The number of carbonyl (C=O) groups is 2. The summed E-state index contributed by atoms with van der Waals surface area (Å²) in [6.45, 7) is 2.06. The highest BCUT2D eigenvalue weighted by atomic mass is 16.2. The minimum Gasteiger partial charge on any atom is -0.343 e. The minimum absolute atomic E-state index is 0.186. The summed E-state index contributed by atoms with van der Waals surface area (Å²) in [6.07, 6.45) is 3.47. The lowest BCUT2D eigenvalue weighted by Crippen LogP contribution is -2.35. The summed E-state index contributed by atoms with van der Waals surface area (Å²) in [6, 6.07) is 8.56. The van der Waals surface area contributed by atoms with Crippen molar-refractivity contribution in [2.24, 2.45) is 0 Å². The Morgan fingerprint density at radius 2 is 2.06 bits per heavy atom. The van der Waals surface area contributed by atoms with Crippen molar-refractivity contribution in [1.29, 1.82) is 0 Å². The van der Waals surface area contributed by atoms with E-state index in [1.807, 2.05) is 6.07 Å². The topological polar surface area (TPSA) is 46.2 Å². The maximum absolute atomic E-state index is 11.7. The van der Waals surface area contributed by atoms with Gasteiger partial charge in [-0.15, -0.1) is 0 Å². The van der Waals surface area contributed by atoms with Gasteiger partial charge in [0.2, 0.25) is 0 Å². The largest absolute Gasteiger partial charge is 0.343 e. The van der Waals surface area contributed by atoms with Crippen molar-refractivity contribution in [3.05, 3.63) is 35.9 Å². The van der Waals surface area contributed by atoms with E-state index in [0.29, 0.717) is 12.0 Å². The van der Waals surface area contributed by atoms with Crippen molar-refractivity contribution in [2.75, 3.05) is 0 Å². The number of aldehydes is 1. The van der Waals surface area contributed by atoms with Crippen molar-refractivity contribution in [2.45, 2.75) is 32.2 Å². The molecule has 0 saturated heterocycles. The summed E-state index contributed by atoms with van der Waals surface area (Å²) in [7, 11) is 0. The molecule has 16 heavy (non-hydrogen) atoms. The van der Waals surface area contributed by atoms with E-state index >= 15 is 0 Å². The van der Waals surface area contributed by atoms with Gasteiger partial charge in [0.1, 0.15) is 6.29 Å². The second kappa shape index (κ2) is 6.77. The van der Waals surface area contributed by atoms with E-state index in [2.05, 4.69) is 12.2 Å². The monoisotopic (exact) mass is 219 g/mol. The van der Waals surface area contributed by atoms with Crippen LogP contribution in [0.1, 0.15) is 36.5 Å². The molecule has 86 valence electrons. The smallest absolute Gasteiger partial charge is 0.251 e. The SMILES string of the molecule is CCCC[C@H](C=O)NC(=O)c1ccccc1. The molecule has 0 saturated carbocycles. The average Bonchev–Trinajstić information content (AvgIpc) is 2.35. The molecule has 1 rings (SSSR count). The molecule has 1 atom stereocenters. The van der Waals surface area contributed by atoms with Crippen molar-refractivity contribution < 1.29 is 9.59 Å². The lowest BCUT2D eigenvalue weighted by molar-refractivity contribution is -0.109. The Kier molecular flexibility index (Phi) is 5.26. The first-order valence-corrected chi connectivity index (χ1v) is 5.59. The van der Waals surface area contributed by atoms with Gasteiger partial charge in [-0.05, 0) is 18.6 Å². The zero-order valence-corrected chi connectivity index (χ0v) is 9.48. The van der Waals surface area contributed by atoms with Gasteiger partial charge in [0.15, 0.2) is 0 Å². The Hall–Kier alpha value is -1.64. The Bertz CT molecular complexity index is 335. The fourth-order valence-corrected chi connectivity index (χ4v) is 1.44. The lowest BCUT2D eigenvalue weighted by Gasteiger charge is -2.11. The first-order chi connectivity index (χ1) is 7.77. The number of amides is 1. The van der Waals surface area contributed by atoms with E-state index in [-0.39, 0.29) is 11.9 Å². The summed E-state index contributed by atoms with van der Waals surface area (Å²) >= 11 is 0. The number of benzene rings is 1. The Morgan fingerprint density at radius 3 is 2.62 bits per heavy atom. The van der Waals surface area contributed by atoms with E-state index in [1.165, 1.54) is 0 Å². The molecule has 0 bridgehead atoms. The molecular weight excluding hydrogens is 202 g/mol. The predicted octanol–water partition coefficient (Wildman–Crippen LogP) is 2.17. The molecule has 3 nitrogen and oxygen atoms in total. The number of carbonyl (C=O) groups excluding carboxylic acids is 2. The molecule has 0 fully saturated rings. The molecule has 0 aromatic heterocycles. The summed E-state index contributed by atoms with van der Waals surface area (Å²) in [5.41, 5.74) is 0.589. The van der Waals surface area contributed by atoms with Crippen LogP contribution in [-0.4, -0.2) is 18.2 Å². The number of unbranched alkanes of at least 4 members (excludes halogenated alkanes) is 1. The first-order valence-electron chi connectivity index (χ1n) is 5.59. The van der Waals surface area contributed by atoms with Crippen LogP contribution in [0.4, 0.5) is 0 Å². The molecule has 1 amide bonds. The van der Waals surface area contributed by atoms with E-state index < -0.39 is 0 Å². The van der Waals surface area contributed by atoms with Crippen molar-refractivity contribution in [3.8, 4) is 0 Å². The Labute approximate surface area is 95.9 Å². The van der Waals surface area contributed by atoms with Crippen LogP contribution in [0.5, 0.6) is 0 Å². The maximum atomic E-state index is 11.7. The molecular formula is C13H17NO2. The summed E-state index contributed by atoms with van der Waals surface area (Å²) < 4.78 is 0. The quantitative estimate of drug-likeness (QED) is 0.745. The van der Waals surface area contributed by atoms with Crippen LogP contribution in [0.2, 0.25) is 0 Å². The van der Waals surface area contributed by atoms with E-state index in [9.17, 15) is 9.59 Å². The van der Waals surface area contributed by atoms with E-state index in [0.717, 1.165) is 19.1 Å². The summed E-state index contributed by atoms with van der Waals surface area (Å²) in [4.78, 5) is 22.5. The third-order valence-corrected chi connectivity index (χ3v) is 2.39. The third kappa shape index (κ3) is 3.85. The standard InChI is InChI=1S/C13H17NO2/c1-2-3-9-12(10-15)14-13(16)11-7-5-4-6-8-11/h4-8,10,12H,2-3,9H2,1H3,(H,14,16)/t12-/m1/s1. The van der Waals surface area contributed by atoms with E-state index in [4.69, 9.17) is 0 Å².